The molecule has 0 aliphatic carbocycles. The number of aromatic nitrogens is 1. The van der Waals surface area contributed by atoms with Gasteiger partial charge in [0.2, 0.25) is 0 Å². The number of rotatable bonds is 4. The van der Waals surface area contributed by atoms with Crippen molar-refractivity contribution >= 4 is 22.9 Å². The molecule has 3 nitrogen and oxygen atoms in total. The van der Waals surface area contributed by atoms with Gasteiger partial charge >= 0.3 is 0 Å². The average Bonchev–Trinajstić information content (AvgIpc) is 2.70. The number of hydrogen-bond acceptors (Lipinski definition) is 4. The zero-order valence-electron chi connectivity index (χ0n) is 11.2. The highest BCUT2D eigenvalue weighted by Crippen LogP contribution is 2.26. The van der Waals surface area contributed by atoms with Crippen LogP contribution < -0.4 is 5.32 Å². The summed E-state index contributed by atoms with van der Waals surface area (Å²) < 4.78 is 0. The van der Waals surface area contributed by atoms with Gasteiger partial charge in [-0.25, -0.2) is 4.98 Å². The SMILES string of the molecule is Cc1nc(C)c(C(C)NCc2ccc(O)c(Cl)c2)s1. The van der Waals surface area contributed by atoms with Crippen molar-refractivity contribution in [1.82, 2.24) is 10.3 Å². The first-order valence-electron chi connectivity index (χ1n) is 6.12. The van der Waals surface area contributed by atoms with Crippen LogP contribution in [0.1, 0.15) is 34.1 Å². The number of nitrogens with zero attached hydrogens (tertiary/aromatic N) is 1. The van der Waals surface area contributed by atoms with Crippen molar-refractivity contribution in [2.45, 2.75) is 33.4 Å². The molecule has 0 aliphatic rings. The second kappa shape index (κ2) is 5.90. The topological polar surface area (TPSA) is 45.2 Å². The molecule has 0 radical (unpaired) electrons. The molecule has 0 saturated heterocycles. The Kier molecular flexibility index (Phi) is 4.45. The molecule has 102 valence electrons. The fourth-order valence-electron chi connectivity index (χ4n) is 1.97. The Morgan fingerprint density at radius 2 is 2.16 bits per heavy atom. The quantitative estimate of drug-likeness (QED) is 0.897. The lowest BCUT2D eigenvalue weighted by molar-refractivity contribution is 0.475. The highest BCUT2D eigenvalue weighted by atomic mass is 35.5. The Labute approximate surface area is 122 Å². The second-order valence-electron chi connectivity index (χ2n) is 4.57. The molecule has 0 bridgehead atoms. The molecule has 19 heavy (non-hydrogen) atoms. The van der Waals surface area contributed by atoms with Crippen molar-refractivity contribution in [3.63, 3.8) is 0 Å². The minimum absolute atomic E-state index is 0.118. The number of thiazole rings is 1. The molecule has 1 heterocycles. The molecule has 1 aromatic heterocycles. The lowest BCUT2D eigenvalue weighted by Crippen LogP contribution is -2.17. The van der Waals surface area contributed by atoms with E-state index in [0.717, 1.165) is 16.3 Å². The average molecular weight is 297 g/mol. The molecule has 0 amide bonds. The fourth-order valence-corrected chi connectivity index (χ4v) is 3.13. The predicted molar refractivity (Wildman–Crippen MR) is 80.0 cm³/mol. The van der Waals surface area contributed by atoms with Crippen LogP contribution in [0.2, 0.25) is 5.02 Å². The van der Waals surface area contributed by atoms with Crippen LogP contribution >= 0.6 is 22.9 Å². The van der Waals surface area contributed by atoms with Gasteiger partial charge in [0.05, 0.1) is 15.7 Å². The molecule has 0 fully saturated rings. The summed E-state index contributed by atoms with van der Waals surface area (Å²) in [6, 6.07) is 5.51. The van der Waals surface area contributed by atoms with Crippen molar-refractivity contribution in [2.24, 2.45) is 0 Å². The Balaban J connectivity index is 2.02. The van der Waals surface area contributed by atoms with Gasteiger partial charge in [-0.05, 0) is 38.5 Å². The van der Waals surface area contributed by atoms with Gasteiger partial charge in [-0.1, -0.05) is 17.7 Å². The number of aryl methyl sites for hydroxylation is 2. The maximum absolute atomic E-state index is 9.38. The molecular weight excluding hydrogens is 280 g/mol. The van der Waals surface area contributed by atoms with Gasteiger partial charge in [0, 0.05) is 17.5 Å². The van der Waals surface area contributed by atoms with E-state index in [1.807, 2.05) is 19.9 Å². The number of phenols is 1. The normalized spacial score (nSPS) is 12.6. The van der Waals surface area contributed by atoms with Crippen LogP contribution in [0.5, 0.6) is 5.75 Å². The molecule has 2 rings (SSSR count). The van der Waals surface area contributed by atoms with Gasteiger partial charge in [0.25, 0.3) is 0 Å². The number of halogens is 1. The van der Waals surface area contributed by atoms with Crippen LogP contribution in [0.15, 0.2) is 18.2 Å². The number of nitrogens with one attached hydrogen (secondary N) is 1. The summed E-state index contributed by atoms with van der Waals surface area (Å²) in [6.45, 7) is 6.89. The number of hydrogen-bond donors (Lipinski definition) is 2. The minimum Gasteiger partial charge on any atom is -0.506 e. The lowest BCUT2D eigenvalue weighted by atomic mass is 10.2. The van der Waals surface area contributed by atoms with E-state index >= 15 is 0 Å². The molecule has 2 aromatic rings. The predicted octanol–water partition coefficient (Wildman–Crippen LogP) is 3.97. The highest BCUT2D eigenvalue weighted by Gasteiger charge is 2.12. The molecule has 0 spiro atoms. The molecule has 1 aromatic carbocycles. The Morgan fingerprint density at radius 3 is 2.74 bits per heavy atom. The van der Waals surface area contributed by atoms with E-state index < -0.39 is 0 Å². The van der Waals surface area contributed by atoms with Crippen LogP contribution in [0.4, 0.5) is 0 Å². The van der Waals surface area contributed by atoms with Crippen LogP contribution in [-0.2, 0) is 6.54 Å². The third-order valence-corrected chi connectivity index (χ3v) is 4.52. The van der Waals surface area contributed by atoms with E-state index in [1.165, 1.54) is 4.88 Å². The fraction of sp³-hybridized carbons (Fsp3) is 0.357. The summed E-state index contributed by atoms with van der Waals surface area (Å²) in [5.74, 6) is 0.118. The maximum atomic E-state index is 9.38. The zero-order valence-corrected chi connectivity index (χ0v) is 12.8. The van der Waals surface area contributed by atoms with Gasteiger partial charge in [-0.2, -0.15) is 0 Å². The summed E-state index contributed by atoms with van der Waals surface area (Å²) in [6.07, 6.45) is 0. The Bertz CT molecular complexity index is 583. The number of benzene rings is 1. The van der Waals surface area contributed by atoms with Crippen molar-refractivity contribution < 1.29 is 5.11 Å². The van der Waals surface area contributed by atoms with E-state index in [-0.39, 0.29) is 11.8 Å². The first-order chi connectivity index (χ1) is 8.97. The van der Waals surface area contributed by atoms with Gasteiger partial charge < -0.3 is 10.4 Å². The van der Waals surface area contributed by atoms with E-state index in [2.05, 4.69) is 17.2 Å². The standard InChI is InChI=1S/C14H17ClN2OS/c1-8(14-9(2)17-10(3)19-14)16-7-11-4-5-13(18)12(15)6-11/h4-6,8,16,18H,7H2,1-3H3. The van der Waals surface area contributed by atoms with Gasteiger partial charge in [0.1, 0.15) is 5.75 Å². The largest absolute Gasteiger partial charge is 0.506 e. The molecule has 0 saturated carbocycles. The molecule has 0 aliphatic heterocycles. The van der Waals surface area contributed by atoms with Crippen LogP contribution in [0.25, 0.3) is 0 Å². The molecular formula is C14H17ClN2OS. The summed E-state index contributed by atoms with van der Waals surface area (Å²) in [7, 11) is 0. The van der Waals surface area contributed by atoms with E-state index in [4.69, 9.17) is 11.6 Å². The van der Waals surface area contributed by atoms with Crippen molar-refractivity contribution in [1.29, 1.82) is 0 Å². The zero-order chi connectivity index (χ0) is 14.0. The second-order valence-corrected chi connectivity index (χ2v) is 6.21. The summed E-state index contributed by atoms with van der Waals surface area (Å²) in [4.78, 5) is 5.70. The van der Waals surface area contributed by atoms with Crippen LogP contribution in [0, 0.1) is 13.8 Å². The molecule has 2 N–H and O–H groups in total. The van der Waals surface area contributed by atoms with Crippen LogP contribution in [-0.4, -0.2) is 10.1 Å². The highest BCUT2D eigenvalue weighted by molar-refractivity contribution is 7.11. The van der Waals surface area contributed by atoms with E-state index in [0.29, 0.717) is 11.6 Å². The first kappa shape index (κ1) is 14.3. The lowest BCUT2D eigenvalue weighted by Gasteiger charge is -2.13. The van der Waals surface area contributed by atoms with Gasteiger partial charge in [-0.3, -0.25) is 0 Å². The number of phenolic OH excluding ortho intramolecular Hbond substituents is 1. The van der Waals surface area contributed by atoms with Crippen molar-refractivity contribution in [3.05, 3.63) is 44.4 Å². The third kappa shape index (κ3) is 3.47. The van der Waals surface area contributed by atoms with Crippen molar-refractivity contribution in [2.75, 3.05) is 0 Å². The smallest absolute Gasteiger partial charge is 0.134 e. The maximum Gasteiger partial charge on any atom is 0.134 e. The summed E-state index contributed by atoms with van der Waals surface area (Å²) in [5.41, 5.74) is 2.14. The van der Waals surface area contributed by atoms with Crippen LogP contribution in [0.3, 0.4) is 0 Å². The van der Waals surface area contributed by atoms with E-state index in [1.54, 1.807) is 23.5 Å². The molecule has 1 atom stereocenters. The third-order valence-electron chi connectivity index (χ3n) is 2.96. The van der Waals surface area contributed by atoms with Gasteiger partial charge in [-0.15, -0.1) is 11.3 Å². The van der Waals surface area contributed by atoms with Gasteiger partial charge in [0.15, 0.2) is 0 Å². The monoisotopic (exact) mass is 296 g/mol. The molecule has 5 heteroatoms. The Morgan fingerprint density at radius 1 is 1.42 bits per heavy atom. The summed E-state index contributed by atoms with van der Waals surface area (Å²) in [5, 5.41) is 14.3. The minimum atomic E-state index is 0.118. The summed E-state index contributed by atoms with van der Waals surface area (Å²) >= 11 is 7.61. The molecule has 1 unspecified atom stereocenters. The van der Waals surface area contributed by atoms with E-state index in [9.17, 15) is 5.11 Å². The number of aromatic hydroxyl groups is 1. The first-order valence-corrected chi connectivity index (χ1v) is 7.31. The van der Waals surface area contributed by atoms with Crippen molar-refractivity contribution in [3.8, 4) is 5.75 Å². The Hall–Kier alpha value is -1.10.